The molecule has 1 aromatic heterocycles. The molecule has 2 atom stereocenters. The average Bonchev–Trinajstić information content (AvgIpc) is 3.46. The van der Waals surface area contributed by atoms with Crippen LogP contribution in [0, 0.1) is 0 Å². The van der Waals surface area contributed by atoms with E-state index < -0.39 is 5.79 Å². The van der Waals surface area contributed by atoms with Crippen molar-refractivity contribution in [1.29, 1.82) is 0 Å². The second kappa shape index (κ2) is 9.56. The van der Waals surface area contributed by atoms with Gasteiger partial charge in [-0.1, -0.05) is 46.9 Å². The fourth-order valence-corrected chi connectivity index (χ4v) is 4.54. The summed E-state index contributed by atoms with van der Waals surface area (Å²) in [6, 6.07) is 18.3. The molecule has 0 radical (unpaired) electrons. The minimum atomic E-state index is -1.07. The summed E-state index contributed by atoms with van der Waals surface area (Å²) in [6.07, 6.45) is 3.00. The molecule has 1 fully saturated rings. The van der Waals surface area contributed by atoms with Crippen LogP contribution >= 0.6 is 34.8 Å². The maximum Gasteiger partial charge on any atom is 0.217 e. The second-order valence-corrected chi connectivity index (χ2v) is 9.26. The largest absolute Gasteiger partial charge is 0.457 e. The Labute approximate surface area is 211 Å². The molecule has 1 aliphatic rings. The molecule has 34 heavy (non-hydrogen) atoms. The molecule has 1 saturated heterocycles. The molecule has 0 bridgehead atoms. The van der Waals surface area contributed by atoms with Gasteiger partial charge in [-0.2, -0.15) is 5.10 Å². The Morgan fingerprint density at radius 3 is 2.50 bits per heavy atom. The van der Waals surface area contributed by atoms with Crippen molar-refractivity contribution in [3.05, 3.63) is 93.9 Å². The maximum atomic E-state index is 6.81. The van der Waals surface area contributed by atoms with Crippen molar-refractivity contribution >= 4 is 34.8 Å². The molecular formula is C25H20Cl3N3O3. The van der Waals surface area contributed by atoms with Crippen LogP contribution in [0.2, 0.25) is 15.1 Å². The number of aromatic nitrogens is 3. The van der Waals surface area contributed by atoms with Gasteiger partial charge in [-0.25, -0.2) is 9.67 Å². The van der Waals surface area contributed by atoms with Gasteiger partial charge in [0.1, 0.15) is 30.7 Å². The SMILES string of the molecule is CC1COC(Cn2cncn2)(c2ccc(-c3cc(Cl)ccc3Oc3ccc(Cl)cc3)cc2Cl)O1. The minimum absolute atomic E-state index is 0.0911. The topological polar surface area (TPSA) is 58.4 Å². The molecule has 1 aliphatic heterocycles. The highest BCUT2D eigenvalue weighted by atomic mass is 35.5. The van der Waals surface area contributed by atoms with E-state index in [2.05, 4.69) is 10.1 Å². The van der Waals surface area contributed by atoms with Gasteiger partial charge in [-0.3, -0.25) is 0 Å². The lowest BCUT2D eigenvalue weighted by Gasteiger charge is -2.29. The van der Waals surface area contributed by atoms with Crippen LogP contribution in [0.1, 0.15) is 12.5 Å². The Balaban J connectivity index is 1.51. The molecule has 9 heteroatoms. The molecule has 0 spiro atoms. The van der Waals surface area contributed by atoms with E-state index in [4.69, 9.17) is 49.0 Å². The third-order valence-corrected chi connectivity index (χ3v) is 6.25. The highest BCUT2D eigenvalue weighted by Gasteiger charge is 2.44. The van der Waals surface area contributed by atoms with Crippen LogP contribution in [0.4, 0.5) is 0 Å². The van der Waals surface area contributed by atoms with Crippen molar-refractivity contribution < 1.29 is 14.2 Å². The van der Waals surface area contributed by atoms with Crippen molar-refractivity contribution in [1.82, 2.24) is 14.8 Å². The number of hydrogen-bond donors (Lipinski definition) is 0. The van der Waals surface area contributed by atoms with Crippen molar-refractivity contribution in [2.75, 3.05) is 6.61 Å². The fourth-order valence-electron chi connectivity index (χ4n) is 3.92. The molecule has 0 N–H and O–H groups in total. The average molecular weight is 517 g/mol. The Morgan fingerprint density at radius 1 is 1.03 bits per heavy atom. The summed E-state index contributed by atoms with van der Waals surface area (Å²) in [5.41, 5.74) is 2.34. The van der Waals surface area contributed by atoms with Crippen LogP contribution < -0.4 is 4.74 Å². The lowest BCUT2D eigenvalue weighted by Crippen LogP contribution is -2.34. The van der Waals surface area contributed by atoms with Gasteiger partial charge in [0, 0.05) is 26.2 Å². The number of ether oxygens (including phenoxy) is 3. The van der Waals surface area contributed by atoms with Gasteiger partial charge in [0.2, 0.25) is 5.79 Å². The first-order valence-electron chi connectivity index (χ1n) is 10.6. The smallest absolute Gasteiger partial charge is 0.217 e. The molecule has 0 amide bonds. The van der Waals surface area contributed by atoms with E-state index in [9.17, 15) is 0 Å². The minimum Gasteiger partial charge on any atom is -0.457 e. The molecule has 2 unspecified atom stereocenters. The number of halogens is 3. The van der Waals surface area contributed by atoms with Crippen LogP contribution in [-0.4, -0.2) is 27.5 Å². The van der Waals surface area contributed by atoms with Gasteiger partial charge >= 0.3 is 0 Å². The van der Waals surface area contributed by atoms with Gasteiger partial charge in [0.15, 0.2) is 0 Å². The third-order valence-electron chi connectivity index (χ3n) is 5.45. The standard InChI is InChI=1S/C25H20Cl3N3O3/c1-16-12-32-25(34-16,13-31-15-29-14-30-31)22-8-2-17(10-23(22)28)21-11-19(27)5-9-24(21)33-20-6-3-18(26)4-7-20/h2-11,14-16H,12-13H2,1H3. The van der Waals surface area contributed by atoms with Crippen LogP contribution in [0.15, 0.2) is 73.3 Å². The van der Waals surface area contributed by atoms with E-state index in [0.717, 1.165) is 11.1 Å². The zero-order chi connectivity index (χ0) is 23.7. The third kappa shape index (κ3) is 4.78. The molecule has 6 nitrogen and oxygen atoms in total. The van der Waals surface area contributed by atoms with Gasteiger partial charge in [0.25, 0.3) is 0 Å². The predicted molar refractivity (Wildman–Crippen MR) is 132 cm³/mol. The molecule has 2 heterocycles. The van der Waals surface area contributed by atoms with E-state index in [1.54, 1.807) is 41.3 Å². The second-order valence-electron chi connectivity index (χ2n) is 7.98. The number of rotatable bonds is 6. The normalized spacial score (nSPS) is 19.9. The summed E-state index contributed by atoms with van der Waals surface area (Å²) < 4.78 is 20.1. The summed E-state index contributed by atoms with van der Waals surface area (Å²) in [5, 5.41) is 5.91. The van der Waals surface area contributed by atoms with Crippen molar-refractivity contribution in [2.24, 2.45) is 0 Å². The summed E-state index contributed by atoms with van der Waals surface area (Å²) in [6.45, 7) is 2.72. The van der Waals surface area contributed by atoms with Gasteiger partial charge in [0.05, 0.1) is 12.7 Å². The highest BCUT2D eigenvalue weighted by molar-refractivity contribution is 6.32. The van der Waals surface area contributed by atoms with E-state index in [1.807, 2.05) is 37.3 Å². The Kier molecular flexibility index (Phi) is 6.51. The van der Waals surface area contributed by atoms with Crippen molar-refractivity contribution in [3.63, 3.8) is 0 Å². The summed E-state index contributed by atoms with van der Waals surface area (Å²) in [7, 11) is 0. The molecule has 174 valence electrons. The van der Waals surface area contributed by atoms with Crippen LogP contribution in [0.3, 0.4) is 0 Å². The quantitative estimate of drug-likeness (QED) is 0.276. The first-order chi connectivity index (χ1) is 16.4. The van der Waals surface area contributed by atoms with Crippen molar-refractivity contribution in [3.8, 4) is 22.6 Å². The van der Waals surface area contributed by atoms with Crippen molar-refractivity contribution in [2.45, 2.75) is 25.4 Å². The number of benzene rings is 3. The summed E-state index contributed by atoms with van der Waals surface area (Å²) in [5.74, 6) is 0.221. The molecule has 4 aromatic rings. The zero-order valence-corrected chi connectivity index (χ0v) is 20.4. The number of hydrogen-bond acceptors (Lipinski definition) is 5. The molecule has 3 aromatic carbocycles. The van der Waals surface area contributed by atoms with Gasteiger partial charge in [-0.15, -0.1) is 0 Å². The Hall–Kier alpha value is -2.61. The van der Waals surface area contributed by atoms with Crippen LogP contribution in [-0.2, 0) is 21.8 Å². The molecule has 0 saturated carbocycles. The lowest BCUT2D eigenvalue weighted by atomic mass is 9.99. The van der Waals surface area contributed by atoms with E-state index in [-0.39, 0.29) is 6.10 Å². The summed E-state index contributed by atoms with van der Waals surface area (Å²) in [4.78, 5) is 4.02. The zero-order valence-electron chi connectivity index (χ0n) is 18.1. The Bertz CT molecular complexity index is 1300. The first kappa shape index (κ1) is 23.1. The number of nitrogens with zero attached hydrogens (tertiary/aromatic N) is 3. The van der Waals surface area contributed by atoms with Gasteiger partial charge < -0.3 is 14.2 Å². The summed E-state index contributed by atoms with van der Waals surface area (Å²) >= 11 is 19.1. The van der Waals surface area contributed by atoms with E-state index in [1.165, 1.54) is 6.33 Å². The highest BCUT2D eigenvalue weighted by Crippen LogP contribution is 2.42. The molecular weight excluding hydrogens is 497 g/mol. The fraction of sp³-hybridized carbons (Fsp3) is 0.200. The predicted octanol–water partition coefficient (Wildman–Crippen LogP) is 6.99. The van der Waals surface area contributed by atoms with Gasteiger partial charge in [-0.05, 0) is 61.0 Å². The Morgan fingerprint density at radius 2 is 1.82 bits per heavy atom. The lowest BCUT2D eigenvalue weighted by molar-refractivity contribution is -0.186. The molecule has 5 rings (SSSR count). The first-order valence-corrected chi connectivity index (χ1v) is 11.7. The van der Waals surface area contributed by atoms with Crippen LogP contribution in [0.5, 0.6) is 11.5 Å². The van der Waals surface area contributed by atoms with E-state index >= 15 is 0 Å². The van der Waals surface area contributed by atoms with E-state index in [0.29, 0.717) is 45.3 Å². The molecule has 0 aliphatic carbocycles. The van der Waals surface area contributed by atoms with Crippen LogP contribution in [0.25, 0.3) is 11.1 Å². The monoisotopic (exact) mass is 515 g/mol. The maximum absolute atomic E-state index is 6.81.